The standard InChI is InChI=1S/C3H4N2.H2O.Sn.H/c1-2-5-3-4-1;;;/h1-3H,(H,4,5);1H2;;/q;;+1;/p-1. The predicted octanol–water partition coefficient (Wildman–Crippen LogP) is -0.796. The van der Waals surface area contributed by atoms with Gasteiger partial charge in [0, 0.05) is 12.4 Å². The van der Waals surface area contributed by atoms with E-state index in [1.165, 1.54) is 0 Å². The Hall–Kier alpha value is -0.0313. The molecule has 0 bridgehead atoms. The molecule has 3 nitrogen and oxygen atoms in total. The third-order valence-electron chi connectivity index (χ3n) is 0.406. The molecule has 0 aromatic carbocycles. The summed E-state index contributed by atoms with van der Waals surface area (Å²) in [4.78, 5) is 6.42. The second-order valence-electron chi connectivity index (χ2n) is 0.761. The Morgan fingerprint density at radius 1 is 1.57 bits per heavy atom. The summed E-state index contributed by atoms with van der Waals surface area (Å²) in [6, 6.07) is 0. The van der Waals surface area contributed by atoms with Gasteiger partial charge in [-0.1, -0.05) is 0 Å². The van der Waals surface area contributed by atoms with Crippen molar-refractivity contribution in [1.82, 2.24) is 9.97 Å². The zero-order chi connectivity index (χ0) is 5.54. The van der Waals surface area contributed by atoms with Crippen molar-refractivity contribution in [2.75, 3.05) is 0 Å². The van der Waals surface area contributed by atoms with Crippen LogP contribution >= 0.6 is 0 Å². The molecule has 2 radical (unpaired) electrons. The summed E-state index contributed by atoms with van der Waals surface area (Å²) in [7, 11) is 0. The van der Waals surface area contributed by atoms with Crippen molar-refractivity contribution in [1.29, 1.82) is 0 Å². The maximum atomic E-state index is 7.13. The van der Waals surface area contributed by atoms with E-state index in [2.05, 4.69) is 9.97 Å². The number of hydrogen-bond acceptors (Lipinski definition) is 2. The zero-order valence-corrected chi connectivity index (χ0v) is 7.00. The molecule has 0 unspecified atom stereocenters. The molecule has 1 aromatic rings. The number of imidazole rings is 1. The second-order valence-corrected chi connectivity index (χ2v) is 0.761. The van der Waals surface area contributed by atoms with Crippen molar-refractivity contribution < 1.29 is 3.44 Å². The first-order valence-corrected chi connectivity index (χ1v) is 3.16. The fraction of sp³-hybridized carbons (Fsp3) is 0. The topological polar surface area (TPSA) is 48.9 Å². The van der Waals surface area contributed by atoms with E-state index < -0.39 is 0 Å². The largest absolute Gasteiger partial charge is 0.351 e. The van der Waals surface area contributed by atoms with Crippen LogP contribution in [0.4, 0.5) is 0 Å². The van der Waals surface area contributed by atoms with Gasteiger partial charge in [-0.2, -0.15) is 0 Å². The van der Waals surface area contributed by atoms with Crippen LogP contribution in [-0.2, 0) is 0 Å². The van der Waals surface area contributed by atoms with Gasteiger partial charge in [0.15, 0.2) is 0 Å². The first-order chi connectivity index (χ1) is 3.50. The van der Waals surface area contributed by atoms with Crippen molar-refractivity contribution in [3.8, 4) is 0 Å². The Morgan fingerprint density at radius 2 is 2.29 bits per heavy atom. The summed E-state index contributed by atoms with van der Waals surface area (Å²) in [6.45, 7) is 0. The van der Waals surface area contributed by atoms with Crippen LogP contribution in [0, 0.1) is 0 Å². The molecule has 0 atom stereocenters. The summed E-state index contributed by atoms with van der Waals surface area (Å²) >= 11 is 0.350. The number of rotatable bonds is 0. The molecule has 1 rings (SSSR count). The van der Waals surface area contributed by atoms with Gasteiger partial charge in [0.25, 0.3) is 0 Å². The molecule has 0 amide bonds. The third-order valence-corrected chi connectivity index (χ3v) is 0.406. The van der Waals surface area contributed by atoms with E-state index in [0.29, 0.717) is 22.9 Å². The van der Waals surface area contributed by atoms with Gasteiger partial charge in [0.2, 0.25) is 0 Å². The molecule has 0 aliphatic heterocycles. The molecule has 0 spiro atoms. The SMILES string of the molecule is [OH][SnH].c1c[nH]cn1. The monoisotopic (exact) mass is 206 g/mol. The number of aromatic nitrogens is 2. The maximum Gasteiger partial charge on any atom is 0.0919 e. The second kappa shape index (κ2) is 5.97. The first-order valence-electron chi connectivity index (χ1n) is 1.69. The molecule has 2 N–H and O–H groups in total. The minimum Gasteiger partial charge on any atom is -0.351 e. The van der Waals surface area contributed by atoms with Crippen LogP contribution in [0.5, 0.6) is 0 Å². The summed E-state index contributed by atoms with van der Waals surface area (Å²) in [5.41, 5.74) is 0. The van der Waals surface area contributed by atoms with E-state index in [0.717, 1.165) is 0 Å². The molecular formula is C3H6N2OSn. The number of nitrogens with one attached hydrogen (secondary N) is 1. The number of aromatic amines is 1. The maximum absolute atomic E-state index is 7.13. The minimum absolute atomic E-state index is 0.350. The molecule has 1 heterocycles. The first kappa shape index (κ1) is 6.97. The van der Waals surface area contributed by atoms with Crippen molar-refractivity contribution in [2.24, 2.45) is 0 Å². The molecule has 0 aliphatic carbocycles. The van der Waals surface area contributed by atoms with Gasteiger partial charge in [-0.15, -0.1) is 0 Å². The van der Waals surface area contributed by atoms with Crippen molar-refractivity contribution in [2.45, 2.75) is 0 Å². The predicted molar refractivity (Wildman–Crippen MR) is 28.0 cm³/mol. The van der Waals surface area contributed by atoms with Crippen LogP contribution in [0.2, 0.25) is 0 Å². The van der Waals surface area contributed by atoms with Gasteiger partial charge < -0.3 is 4.98 Å². The van der Waals surface area contributed by atoms with E-state index in [4.69, 9.17) is 3.44 Å². The molecule has 0 aliphatic rings. The van der Waals surface area contributed by atoms with E-state index in [1.807, 2.05) is 0 Å². The van der Waals surface area contributed by atoms with E-state index in [-0.39, 0.29) is 0 Å². The molecule has 0 saturated carbocycles. The fourth-order valence-corrected chi connectivity index (χ4v) is 0.215. The average Bonchev–Trinajstić information content (AvgIpc) is 2.23. The Bertz CT molecular complexity index is 69.4. The van der Waals surface area contributed by atoms with Crippen molar-refractivity contribution >= 4 is 22.9 Å². The minimum atomic E-state index is 0.350. The van der Waals surface area contributed by atoms with Gasteiger partial charge in [0.1, 0.15) is 0 Å². The molecular weight excluding hydrogens is 199 g/mol. The summed E-state index contributed by atoms with van der Waals surface area (Å²) in [5, 5.41) is 0. The van der Waals surface area contributed by atoms with Crippen LogP contribution in [0.15, 0.2) is 18.7 Å². The number of nitrogens with zero attached hydrogens (tertiary/aromatic N) is 1. The van der Waals surface area contributed by atoms with Gasteiger partial charge >= 0.3 is 26.4 Å². The Balaban J connectivity index is 0.000000162. The van der Waals surface area contributed by atoms with Gasteiger partial charge in [-0.05, 0) is 0 Å². The molecule has 1 aromatic heterocycles. The van der Waals surface area contributed by atoms with Crippen LogP contribution in [0.25, 0.3) is 0 Å². The van der Waals surface area contributed by atoms with Crippen molar-refractivity contribution in [3.05, 3.63) is 18.7 Å². The van der Waals surface area contributed by atoms with Crippen molar-refractivity contribution in [3.63, 3.8) is 0 Å². The molecule has 7 heavy (non-hydrogen) atoms. The Morgan fingerprint density at radius 3 is 2.43 bits per heavy atom. The van der Waals surface area contributed by atoms with Gasteiger partial charge in [-0.25, -0.2) is 4.98 Å². The quantitative estimate of drug-likeness (QED) is 0.544. The fourth-order valence-electron chi connectivity index (χ4n) is 0.215. The zero-order valence-electron chi connectivity index (χ0n) is 3.70. The number of hydrogen-bond donors (Lipinski definition) is 2. The van der Waals surface area contributed by atoms with E-state index in [9.17, 15) is 0 Å². The smallest absolute Gasteiger partial charge is 0.0919 e. The van der Waals surface area contributed by atoms with E-state index in [1.54, 1.807) is 18.7 Å². The van der Waals surface area contributed by atoms with E-state index >= 15 is 0 Å². The van der Waals surface area contributed by atoms with Crippen LogP contribution in [0.1, 0.15) is 0 Å². The molecule has 0 saturated heterocycles. The normalized spacial score (nSPS) is 6.57. The van der Waals surface area contributed by atoms with Gasteiger partial charge in [-0.3, -0.25) is 0 Å². The number of H-pyrrole nitrogens is 1. The summed E-state index contributed by atoms with van der Waals surface area (Å²) in [6.07, 6.45) is 5.08. The van der Waals surface area contributed by atoms with Crippen LogP contribution in [-0.4, -0.2) is 36.4 Å². The average molecular weight is 205 g/mol. The summed E-state index contributed by atoms with van der Waals surface area (Å²) < 4.78 is 7.13. The van der Waals surface area contributed by atoms with Crippen LogP contribution < -0.4 is 0 Å². The molecule has 0 fully saturated rings. The molecule has 38 valence electrons. The summed E-state index contributed by atoms with van der Waals surface area (Å²) in [5.74, 6) is 0. The third kappa shape index (κ3) is 3.81. The van der Waals surface area contributed by atoms with Crippen LogP contribution in [0.3, 0.4) is 0 Å². The van der Waals surface area contributed by atoms with Gasteiger partial charge in [0.05, 0.1) is 6.33 Å². The Kier molecular flexibility index (Phi) is 5.94. The Labute approximate surface area is 55.4 Å². The molecule has 4 heteroatoms.